The number of benzene rings is 1. The Morgan fingerprint density at radius 2 is 2.30 bits per heavy atom. The molecule has 20 heavy (non-hydrogen) atoms. The second-order valence-corrected chi connectivity index (χ2v) is 5.21. The predicted octanol–water partition coefficient (Wildman–Crippen LogP) is 1.53. The van der Waals surface area contributed by atoms with Crippen molar-refractivity contribution >= 4 is 11.6 Å². The van der Waals surface area contributed by atoms with Gasteiger partial charge >= 0.3 is 0 Å². The van der Waals surface area contributed by atoms with E-state index in [0.717, 1.165) is 23.8 Å². The van der Waals surface area contributed by atoms with Crippen molar-refractivity contribution in [2.75, 3.05) is 25.6 Å². The van der Waals surface area contributed by atoms with Crippen molar-refractivity contribution in [3.8, 4) is 0 Å². The predicted molar refractivity (Wildman–Crippen MR) is 77.3 cm³/mol. The summed E-state index contributed by atoms with van der Waals surface area (Å²) in [6, 6.07) is 6.96. The van der Waals surface area contributed by atoms with Gasteiger partial charge in [0.2, 0.25) is 5.91 Å². The third-order valence-corrected chi connectivity index (χ3v) is 3.20. The Balaban J connectivity index is 1.82. The van der Waals surface area contributed by atoms with Crippen LogP contribution in [0.1, 0.15) is 18.4 Å². The van der Waals surface area contributed by atoms with Crippen LogP contribution in [0.3, 0.4) is 0 Å². The van der Waals surface area contributed by atoms with Crippen LogP contribution < -0.4 is 11.1 Å². The van der Waals surface area contributed by atoms with E-state index in [0.29, 0.717) is 6.61 Å². The lowest BCUT2D eigenvalue weighted by molar-refractivity contribution is -0.118. The summed E-state index contributed by atoms with van der Waals surface area (Å²) in [6.45, 7) is 1.61. The number of nitrogens with two attached hydrogens (primary N) is 1. The van der Waals surface area contributed by atoms with Gasteiger partial charge < -0.3 is 20.5 Å². The molecular weight excluding hydrogens is 256 g/mol. The van der Waals surface area contributed by atoms with Gasteiger partial charge in [0.15, 0.2) is 0 Å². The Labute approximate surface area is 119 Å². The van der Waals surface area contributed by atoms with Crippen molar-refractivity contribution in [1.29, 1.82) is 0 Å². The summed E-state index contributed by atoms with van der Waals surface area (Å²) in [6.07, 6.45) is 2.57. The highest BCUT2D eigenvalue weighted by Gasteiger charge is 2.21. The number of hydrogen-bond donors (Lipinski definition) is 2. The van der Waals surface area contributed by atoms with E-state index in [9.17, 15) is 4.79 Å². The number of rotatable bonds is 8. The zero-order valence-electron chi connectivity index (χ0n) is 11.8. The molecule has 110 valence electrons. The smallest absolute Gasteiger partial charge is 0.243 e. The second kappa shape index (κ2) is 7.38. The molecule has 0 radical (unpaired) electrons. The molecule has 1 amide bonds. The van der Waals surface area contributed by atoms with Crippen LogP contribution in [-0.4, -0.2) is 32.3 Å². The van der Waals surface area contributed by atoms with Crippen molar-refractivity contribution in [3.05, 3.63) is 29.8 Å². The summed E-state index contributed by atoms with van der Waals surface area (Å²) in [4.78, 5) is 11.8. The molecule has 0 aromatic heterocycles. The van der Waals surface area contributed by atoms with E-state index < -0.39 is 6.04 Å². The van der Waals surface area contributed by atoms with E-state index in [4.69, 9.17) is 15.2 Å². The first-order valence-electron chi connectivity index (χ1n) is 6.91. The molecule has 2 rings (SSSR count). The quantitative estimate of drug-likeness (QED) is 0.756. The third-order valence-electron chi connectivity index (χ3n) is 3.20. The van der Waals surface area contributed by atoms with Crippen LogP contribution >= 0.6 is 0 Å². The van der Waals surface area contributed by atoms with Gasteiger partial charge in [-0.25, -0.2) is 0 Å². The molecule has 0 saturated heterocycles. The average Bonchev–Trinajstić information content (AvgIpc) is 3.23. The van der Waals surface area contributed by atoms with Crippen molar-refractivity contribution in [1.82, 2.24) is 0 Å². The first kappa shape index (κ1) is 15.0. The first-order valence-corrected chi connectivity index (χ1v) is 6.91. The minimum Gasteiger partial charge on any atom is -0.383 e. The molecule has 0 bridgehead atoms. The van der Waals surface area contributed by atoms with Gasteiger partial charge in [-0.3, -0.25) is 4.79 Å². The van der Waals surface area contributed by atoms with Gasteiger partial charge in [0.25, 0.3) is 0 Å². The summed E-state index contributed by atoms with van der Waals surface area (Å²) < 4.78 is 10.5. The molecule has 0 spiro atoms. The topological polar surface area (TPSA) is 73.6 Å². The van der Waals surface area contributed by atoms with Crippen molar-refractivity contribution in [3.63, 3.8) is 0 Å². The van der Waals surface area contributed by atoms with Gasteiger partial charge in [-0.15, -0.1) is 0 Å². The number of carbonyl (C=O) groups is 1. The van der Waals surface area contributed by atoms with Crippen molar-refractivity contribution in [2.45, 2.75) is 25.5 Å². The SMILES string of the molecule is COCC(N)C(=O)Nc1cccc(COCC2CC2)c1. The highest BCUT2D eigenvalue weighted by atomic mass is 16.5. The number of ether oxygens (including phenoxy) is 2. The normalized spacial score (nSPS) is 15.9. The number of hydrogen-bond acceptors (Lipinski definition) is 4. The van der Waals surface area contributed by atoms with E-state index in [1.807, 2.05) is 24.3 Å². The highest BCUT2D eigenvalue weighted by molar-refractivity contribution is 5.94. The number of methoxy groups -OCH3 is 1. The van der Waals surface area contributed by atoms with Gasteiger partial charge in [-0.1, -0.05) is 12.1 Å². The zero-order chi connectivity index (χ0) is 14.4. The molecule has 1 atom stereocenters. The van der Waals surface area contributed by atoms with Crippen LogP contribution in [0.15, 0.2) is 24.3 Å². The first-order chi connectivity index (χ1) is 9.69. The van der Waals surface area contributed by atoms with E-state index in [2.05, 4.69) is 5.32 Å². The van der Waals surface area contributed by atoms with E-state index in [1.54, 1.807) is 0 Å². The molecule has 1 unspecified atom stereocenters. The summed E-state index contributed by atoms with van der Waals surface area (Å²) in [7, 11) is 1.52. The number of amides is 1. The van der Waals surface area contributed by atoms with Gasteiger partial charge in [-0.05, 0) is 36.5 Å². The van der Waals surface area contributed by atoms with Crippen LogP contribution in [0.4, 0.5) is 5.69 Å². The third kappa shape index (κ3) is 4.92. The van der Waals surface area contributed by atoms with Crippen LogP contribution in [0.25, 0.3) is 0 Å². The molecule has 1 aromatic rings. The highest BCUT2D eigenvalue weighted by Crippen LogP contribution is 2.29. The molecule has 1 aromatic carbocycles. The fourth-order valence-corrected chi connectivity index (χ4v) is 1.86. The molecule has 1 fully saturated rings. The molecule has 0 aliphatic heterocycles. The number of anilines is 1. The molecule has 1 aliphatic carbocycles. The Morgan fingerprint density at radius 3 is 3.00 bits per heavy atom. The van der Waals surface area contributed by atoms with Crippen molar-refractivity contribution < 1.29 is 14.3 Å². The molecular formula is C15H22N2O3. The molecule has 3 N–H and O–H groups in total. The molecule has 5 nitrogen and oxygen atoms in total. The van der Waals surface area contributed by atoms with Gasteiger partial charge in [0.05, 0.1) is 13.2 Å². The Morgan fingerprint density at radius 1 is 1.50 bits per heavy atom. The lowest BCUT2D eigenvalue weighted by Gasteiger charge is -2.12. The Kier molecular flexibility index (Phi) is 5.52. The van der Waals surface area contributed by atoms with Gasteiger partial charge in [0, 0.05) is 19.4 Å². The molecule has 0 heterocycles. The number of nitrogens with one attached hydrogen (secondary N) is 1. The fourth-order valence-electron chi connectivity index (χ4n) is 1.86. The largest absolute Gasteiger partial charge is 0.383 e. The number of carbonyl (C=O) groups excluding carboxylic acids is 1. The van der Waals surface area contributed by atoms with Crippen molar-refractivity contribution in [2.24, 2.45) is 11.7 Å². The summed E-state index contributed by atoms with van der Waals surface area (Å²) in [5.41, 5.74) is 7.45. The maximum atomic E-state index is 11.8. The average molecular weight is 278 g/mol. The second-order valence-electron chi connectivity index (χ2n) is 5.21. The van der Waals surface area contributed by atoms with E-state index in [1.165, 1.54) is 20.0 Å². The lowest BCUT2D eigenvalue weighted by Crippen LogP contribution is -2.39. The van der Waals surface area contributed by atoms with E-state index in [-0.39, 0.29) is 12.5 Å². The minimum absolute atomic E-state index is 0.204. The summed E-state index contributed by atoms with van der Waals surface area (Å²) >= 11 is 0. The van der Waals surface area contributed by atoms with Crippen LogP contribution in [0.5, 0.6) is 0 Å². The fraction of sp³-hybridized carbons (Fsp3) is 0.533. The van der Waals surface area contributed by atoms with Crippen LogP contribution in [0, 0.1) is 5.92 Å². The maximum absolute atomic E-state index is 11.8. The Hall–Kier alpha value is -1.43. The van der Waals surface area contributed by atoms with Crippen LogP contribution in [-0.2, 0) is 20.9 Å². The van der Waals surface area contributed by atoms with Gasteiger partial charge in [-0.2, -0.15) is 0 Å². The minimum atomic E-state index is -0.658. The molecule has 5 heteroatoms. The standard InChI is InChI=1S/C15H22N2O3/c1-19-10-14(16)15(18)17-13-4-2-3-12(7-13)9-20-8-11-5-6-11/h2-4,7,11,14H,5-6,8-10,16H2,1H3,(H,17,18). The molecule has 1 aliphatic rings. The lowest BCUT2D eigenvalue weighted by atomic mass is 10.2. The monoisotopic (exact) mass is 278 g/mol. The van der Waals surface area contributed by atoms with E-state index >= 15 is 0 Å². The van der Waals surface area contributed by atoms with Crippen LogP contribution in [0.2, 0.25) is 0 Å². The Bertz CT molecular complexity index is 446. The molecule has 1 saturated carbocycles. The zero-order valence-corrected chi connectivity index (χ0v) is 11.8. The summed E-state index contributed by atoms with van der Waals surface area (Å²) in [5, 5.41) is 2.78. The maximum Gasteiger partial charge on any atom is 0.243 e. The summed E-state index contributed by atoms with van der Waals surface area (Å²) in [5.74, 6) is 0.507. The van der Waals surface area contributed by atoms with Gasteiger partial charge in [0.1, 0.15) is 6.04 Å².